The summed E-state index contributed by atoms with van der Waals surface area (Å²) in [7, 11) is 1.74. The topological polar surface area (TPSA) is 72.9 Å². The summed E-state index contributed by atoms with van der Waals surface area (Å²) in [5.41, 5.74) is 0.740. The number of carboxylic acid groups (broad SMARTS) is 1. The van der Waals surface area contributed by atoms with Crippen molar-refractivity contribution in [2.45, 2.75) is 26.7 Å². The van der Waals surface area contributed by atoms with E-state index in [0.29, 0.717) is 11.5 Å². The molecule has 0 aliphatic carbocycles. The Hall–Kier alpha value is -2.11. The van der Waals surface area contributed by atoms with Gasteiger partial charge in [-0.3, -0.25) is 9.25 Å². The summed E-state index contributed by atoms with van der Waals surface area (Å²) >= 11 is 0. The Morgan fingerprint density at radius 3 is 2.83 bits per heavy atom. The highest BCUT2D eigenvalue weighted by Gasteiger charge is 2.22. The van der Waals surface area contributed by atoms with Crippen molar-refractivity contribution >= 4 is 5.97 Å². The Labute approximate surface area is 105 Å². The molecule has 2 aromatic rings. The Kier molecular flexibility index (Phi) is 3.18. The molecule has 0 spiro atoms. The quantitative estimate of drug-likeness (QED) is 0.891. The average molecular weight is 248 g/mol. The molecule has 6 heteroatoms. The molecule has 0 unspecified atom stereocenters. The maximum Gasteiger partial charge on any atom is 0.341 e. The predicted molar refractivity (Wildman–Crippen MR) is 66.0 cm³/mol. The van der Waals surface area contributed by atoms with E-state index < -0.39 is 5.97 Å². The minimum absolute atomic E-state index is 0.229. The zero-order valence-corrected chi connectivity index (χ0v) is 10.7. The summed E-state index contributed by atoms with van der Waals surface area (Å²) in [4.78, 5) is 15.6. The maximum absolute atomic E-state index is 11.3. The molecule has 2 aromatic heterocycles. The number of aromatic nitrogens is 4. The van der Waals surface area contributed by atoms with E-state index >= 15 is 0 Å². The largest absolute Gasteiger partial charge is 0.477 e. The molecule has 1 N–H and O–H groups in total. The van der Waals surface area contributed by atoms with Gasteiger partial charge in [0.2, 0.25) is 0 Å². The van der Waals surface area contributed by atoms with Crippen LogP contribution in [-0.2, 0) is 13.5 Å². The number of carbonyl (C=O) groups is 1. The Balaban J connectivity index is 2.63. The van der Waals surface area contributed by atoms with Gasteiger partial charge < -0.3 is 5.11 Å². The van der Waals surface area contributed by atoms with E-state index in [-0.39, 0.29) is 5.56 Å². The van der Waals surface area contributed by atoms with E-state index in [0.717, 1.165) is 18.7 Å². The number of rotatable bonds is 4. The first-order valence-corrected chi connectivity index (χ1v) is 5.85. The van der Waals surface area contributed by atoms with Crippen LogP contribution < -0.4 is 0 Å². The van der Waals surface area contributed by atoms with Crippen molar-refractivity contribution < 1.29 is 9.90 Å². The first-order chi connectivity index (χ1) is 8.56. The first kappa shape index (κ1) is 12.3. The van der Waals surface area contributed by atoms with Gasteiger partial charge in [-0.1, -0.05) is 6.92 Å². The molecule has 0 atom stereocenters. The third-order valence-electron chi connectivity index (χ3n) is 2.82. The summed E-state index contributed by atoms with van der Waals surface area (Å²) in [6.07, 6.45) is 5.21. The van der Waals surface area contributed by atoms with E-state index in [2.05, 4.69) is 17.0 Å². The SMILES string of the molecule is CCCc1nccn1-c1c(C(=O)O)c(C)nn1C. The summed E-state index contributed by atoms with van der Waals surface area (Å²) in [6.45, 7) is 3.76. The molecule has 0 saturated carbocycles. The van der Waals surface area contributed by atoms with Gasteiger partial charge in [-0.05, 0) is 13.3 Å². The highest BCUT2D eigenvalue weighted by molar-refractivity contribution is 5.92. The highest BCUT2D eigenvalue weighted by atomic mass is 16.4. The molecule has 2 rings (SSSR count). The second-order valence-electron chi connectivity index (χ2n) is 4.18. The van der Waals surface area contributed by atoms with Crippen molar-refractivity contribution in [3.63, 3.8) is 0 Å². The fourth-order valence-electron chi connectivity index (χ4n) is 2.11. The molecule has 6 nitrogen and oxygen atoms in total. The minimum atomic E-state index is -0.966. The summed E-state index contributed by atoms with van der Waals surface area (Å²) in [5, 5.41) is 13.5. The molecule has 0 amide bonds. The lowest BCUT2D eigenvalue weighted by Gasteiger charge is -2.08. The van der Waals surface area contributed by atoms with Crippen LogP contribution in [0.25, 0.3) is 5.82 Å². The summed E-state index contributed by atoms with van der Waals surface area (Å²) < 4.78 is 3.38. The monoisotopic (exact) mass is 248 g/mol. The Bertz CT molecular complexity index is 583. The average Bonchev–Trinajstić information content (AvgIpc) is 2.83. The lowest BCUT2D eigenvalue weighted by molar-refractivity contribution is 0.0696. The molecular weight excluding hydrogens is 232 g/mol. The van der Waals surface area contributed by atoms with Crippen LogP contribution in [0.5, 0.6) is 0 Å². The number of hydrogen-bond acceptors (Lipinski definition) is 3. The van der Waals surface area contributed by atoms with Crippen LogP contribution in [0.4, 0.5) is 0 Å². The molecule has 0 bridgehead atoms. The standard InChI is InChI=1S/C12H16N4O2/c1-4-5-9-13-6-7-16(9)11-10(12(17)18)8(2)14-15(11)3/h6-7H,4-5H2,1-3H3,(H,17,18). The minimum Gasteiger partial charge on any atom is -0.477 e. The Morgan fingerprint density at radius 2 is 2.22 bits per heavy atom. The van der Waals surface area contributed by atoms with E-state index in [1.807, 2.05) is 0 Å². The van der Waals surface area contributed by atoms with Crippen LogP contribution >= 0.6 is 0 Å². The number of nitrogens with zero attached hydrogens (tertiary/aromatic N) is 4. The molecule has 0 aromatic carbocycles. The van der Waals surface area contributed by atoms with Crippen molar-refractivity contribution in [1.82, 2.24) is 19.3 Å². The molecular formula is C12H16N4O2. The maximum atomic E-state index is 11.3. The number of aromatic carboxylic acids is 1. The second-order valence-corrected chi connectivity index (χ2v) is 4.18. The number of aryl methyl sites for hydroxylation is 3. The second kappa shape index (κ2) is 4.64. The number of hydrogen-bond donors (Lipinski definition) is 1. The molecule has 0 aliphatic rings. The third kappa shape index (κ3) is 1.90. The van der Waals surface area contributed by atoms with E-state index in [1.54, 1.807) is 35.6 Å². The molecule has 0 radical (unpaired) electrons. The molecule has 18 heavy (non-hydrogen) atoms. The molecule has 0 saturated heterocycles. The smallest absolute Gasteiger partial charge is 0.341 e. The highest BCUT2D eigenvalue weighted by Crippen LogP contribution is 2.19. The summed E-state index contributed by atoms with van der Waals surface area (Å²) in [6, 6.07) is 0. The zero-order chi connectivity index (χ0) is 13.3. The first-order valence-electron chi connectivity index (χ1n) is 5.85. The molecule has 96 valence electrons. The lowest BCUT2D eigenvalue weighted by Crippen LogP contribution is -2.10. The van der Waals surface area contributed by atoms with Crippen LogP contribution in [0.1, 0.15) is 35.2 Å². The van der Waals surface area contributed by atoms with Gasteiger partial charge in [-0.2, -0.15) is 5.10 Å². The molecule has 0 fully saturated rings. The fraction of sp³-hybridized carbons (Fsp3) is 0.417. The van der Waals surface area contributed by atoms with Crippen molar-refractivity contribution in [3.05, 3.63) is 29.5 Å². The van der Waals surface area contributed by atoms with Gasteiger partial charge >= 0.3 is 5.97 Å². The van der Waals surface area contributed by atoms with Crippen molar-refractivity contribution in [1.29, 1.82) is 0 Å². The fourth-order valence-corrected chi connectivity index (χ4v) is 2.11. The van der Waals surface area contributed by atoms with Gasteiger partial charge in [-0.25, -0.2) is 9.78 Å². The van der Waals surface area contributed by atoms with Gasteiger partial charge in [0, 0.05) is 25.9 Å². The normalized spacial score (nSPS) is 10.8. The van der Waals surface area contributed by atoms with Gasteiger partial charge in [-0.15, -0.1) is 0 Å². The van der Waals surface area contributed by atoms with E-state index in [4.69, 9.17) is 0 Å². The van der Waals surface area contributed by atoms with Crippen LogP contribution in [-0.4, -0.2) is 30.4 Å². The molecule has 2 heterocycles. The summed E-state index contributed by atoms with van der Waals surface area (Å²) in [5.74, 6) is 0.440. The van der Waals surface area contributed by atoms with Gasteiger partial charge in [0.1, 0.15) is 11.4 Å². The van der Waals surface area contributed by atoms with Crippen molar-refractivity contribution in [2.24, 2.45) is 7.05 Å². The van der Waals surface area contributed by atoms with Gasteiger partial charge in [0.15, 0.2) is 5.82 Å². The number of carboxylic acids is 1. The molecule has 0 aliphatic heterocycles. The van der Waals surface area contributed by atoms with Crippen LogP contribution in [0.2, 0.25) is 0 Å². The Morgan fingerprint density at radius 1 is 1.50 bits per heavy atom. The van der Waals surface area contributed by atoms with Crippen molar-refractivity contribution in [3.8, 4) is 5.82 Å². The predicted octanol–water partition coefficient (Wildman–Crippen LogP) is 1.56. The number of imidazole rings is 1. The lowest BCUT2D eigenvalue weighted by atomic mass is 10.2. The van der Waals surface area contributed by atoms with Crippen LogP contribution in [0, 0.1) is 6.92 Å². The zero-order valence-electron chi connectivity index (χ0n) is 10.7. The van der Waals surface area contributed by atoms with Crippen LogP contribution in [0.15, 0.2) is 12.4 Å². The van der Waals surface area contributed by atoms with E-state index in [9.17, 15) is 9.90 Å². The van der Waals surface area contributed by atoms with Gasteiger partial charge in [0.05, 0.1) is 5.69 Å². The van der Waals surface area contributed by atoms with Gasteiger partial charge in [0.25, 0.3) is 0 Å². The van der Waals surface area contributed by atoms with Crippen LogP contribution in [0.3, 0.4) is 0 Å². The van der Waals surface area contributed by atoms with Crippen molar-refractivity contribution in [2.75, 3.05) is 0 Å². The van der Waals surface area contributed by atoms with E-state index in [1.165, 1.54) is 0 Å². The third-order valence-corrected chi connectivity index (χ3v) is 2.82.